The third-order valence-corrected chi connectivity index (χ3v) is 3.53. The molecule has 2 aromatic rings. The third-order valence-electron chi connectivity index (χ3n) is 3.53. The first kappa shape index (κ1) is 18.7. The normalized spacial score (nSPS) is 11.4. The first-order valence-electron chi connectivity index (χ1n) is 7.68. The molecule has 0 saturated carbocycles. The SMILES string of the molecule is [C-]#[N+]C(=NNc1n[nH]c(C(C)(C)C)c1[N+]#[C-])C(=O)c1ccccc1OC. The van der Waals surface area contributed by atoms with Crippen molar-refractivity contribution in [3.05, 3.63) is 58.4 Å². The van der Waals surface area contributed by atoms with E-state index in [0.29, 0.717) is 11.4 Å². The Morgan fingerprint density at radius 2 is 2.00 bits per heavy atom. The number of methoxy groups -OCH3 is 1. The summed E-state index contributed by atoms with van der Waals surface area (Å²) >= 11 is 0. The number of para-hydroxylation sites is 1. The van der Waals surface area contributed by atoms with Gasteiger partial charge >= 0.3 is 5.84 Å². The van der Waals surface area contributed by atoms with Gasteiger partial charge in [0.2, 0.25) is 5.78 Å². The average molecular weight is 350 g/mol. The lowest BCUT2D eigenvalue weighted by Crippen LogP contribution is -2.13. The fraction of sp³-hybridized carbons (Fsp3) is 0.278. The molecule has 0 aliphatic heterocycles. The summed E-state index contributed by atoms with van der Waals surface area (Å²) < 4.78 is 5.14. The zero-order chi connectivity index (χ0) is 19.3. The Hall–Kier alpha value is -3.65. The molecule has 0 fully saturated rings. The number of hydrazone groups is 1. The van der Waals surface area contributed by atoms with E-state index in [-0.39, 0.29) is 28.3 Å². The molecule has 0 aliphatic rings. The standard InChI is InChI=1S/C18H18N6O2/c1-18(2,3)15-13(19-4)16(22-21-15)23-24-17(20-5)14(25)11-9-7-8-10-12(11)26-6/h7-10H,1-3,6H3,(H2,21,22,23). The van der Waals surface area contributed by atoms with Crippen LogP contribution in [0.3, 0.4) is 0 Å². The van der Waals surface area contributed by atoms with Gasteiger partial charge in [0.15, 0.2) is 5.82 Å². The van der Waals surface area contributed by atoms with Gasteiger partial charge in [0, 0.05) is 5.69 Å². The van der Waals surface area contributed by atoms with Gasteiger partial charge in [-0.05, 0) is 22.6 Å². The largest absolute Gasteiger partial charge is 0.496 e. The molecular weight excluding hydrogens is 332 g/mol. The number of aromatic amines is 1. The fourth-order valence-corrected chi connectivity index (χ4v) is 2.23. The summed E-state index contributed by atoms with van der Waals surface area (Å²) in [6.07, 6.45) is 0. The number of amidine groups is 1. The number of H-pyrrole nitrogens is 1. The first-order chi connectivity index (χ1) is 12.3. The number of nitrogens with one attached hydrogen (secondary N) is 2. The van der Waals surface area contributed by atoms with Crippen LogP contribution < -0.4 is 10.2 Å². The van der Waals surface area contributed by atoms with Gasteiger partial charge in [-0.15, -0.1) is 0 Å². The minimum absolute atomic E-state index is 0.166. The maximum absolute atomic E-state index is 12.5. The van der Waals surface area contributed by atoms with Crippen LogP contribution in [0.5, 0.6) is 5.75 Å². The van der Waals surface area contributed by atoms with E-state index in [0.717, 1.165) is 0 Å². The maximum atomic E-state index is 12.5. The van der Waals surface area contributed by atoms with Gasteiger partial charge in [-0.3, -0.25) is 5.10 Å². The zero-order valence-corrected chi connectivity index (χ0v) is 14.9. The molecule has 2 rings (SSSR count). The van der Waals surface area contributed by atoms with Crippen LogP contribution in [0.1, 0.15) is 36.8 Å². The molecule has 26 heavy (non-hydrogen) atoms. The van der Waals surface area contributed by atoms with Crippen LogP contribution in [0.15, 0.2) is 29.4 Å². The van der Waals surface area contributed by atoms with Crippen LogP contribution in [0, 0.1) is 13.1 Å². The van der Waals surface area contributed by atoms with Crippen LogP contribution in [-0.2, 0) is 5.41 Å². The van der Waals surface area contributed by atoms with Crippen LogP contribution in [0.4, 0.5) is 11.5 Å². The van der Waals surface area contributed by atoms with Gasteiger partial charge in [0.05, 0.1) is 19.2 Å². The number of carbonyl (C=O) groups is 1. The van der Waals surface area contributed by atoms with Crippen molar-refractivity contribution >= 4 is 23.1 Å². The lowest BCUT2D eigenvalue weighted by Gasteiger charge is -2.16. The summed E-state index contributed by atoms with van der Waals surface area (Å²) in [5.74, 6) is -0.448. The highest BCUT2D eigenvalue weighted by Gasteiger charge is 2.25. The second-order valence-electron chi connectivity index (χ2n) is 6.35. The van der Waals surface area contributed by atoms with E-state index < -0.39 is 5.78 Å². The Kier molecular flexibility index (Phi) is 5.39. The van der Waals surface area contributed by atoms with E-state index in [4.69, 9.17) is 17.9 Å². The Morgan fingerprint density at radius 1 is 1.31 bits per heavy atom. The monoisotopic (exact) mass is 350 g/mol. The van der Waals surface area contributed by atoms with E-state index in [9.17, 15) is 4.79 Å². The van der Waals surface area contributed by atoms with E-state index in [2.05, 4.69) is 30.4 Å². The number of aromatic nitrogens is 2. The number of rotatable bonds is 5. The fourth-order valence-electron chi connectivity index (χ4n) is 2.23. The molecule has 1 heterocycles. The topological polar surface area (TPSA) is 88.1 Å². The second-order valence-corrected chi connectivity index (χ2v) is 6.35. The molecule has 132 valence electrons. The van der Waals surface area contributed by atoms with Crippen LogP contribution in [0.2, 0.25) is 0 Å². The van der Waals surface area contributed by atoms with Crippen molar-refractivity contribution in [1.82, 2.24) is 10.2 Å². The van der Waals surface area contributed by atoms with Gasteiger partial charge in [0.25, 0.3) is 5.69 Å². The number of Topliss-reactive ketones (excluding diaryl/α,β-unsaturated/α-hetero) is 1. The predicted molar refractivity (Wildman–Crippen MR) is 98.5 cm³/mol. The van der Waals surface area contributed by atoms with Gasteiger partial charge < -0.3 is 14.4 Å². The molecule has 0 saturated heterocycles. The lowest BCUT2D eigenvalue weighted by molar-refractivity contribution is 0.106. The molecule has 1 aromatic heterocycles. The van der Waals surface area contributed by atoms with Crippen molar-refractivity contribution in [2.24, 2.45) is 5.10 Å². The van der Waals surface area contributed by atoms with Gasteiger partial charge in [-0.25, -0.2) is 4.85 Å². The summed E-state index contributed by atoms with van der Waals surface area (Å²) in [7, 11) is 1.44. The quantitative estimate of drug-likeness (QED) is 0.282. The molecule has 1 aromatic carbocycles. The number of ketones is 1. The molecule has 0 atom stereocenters. The van der Waals surface area contributed by atoms with Crippen molar-refractivity contribution in [3.63, 3.8) is 0 Å². The minimum atomic E-state index is -0.583. The van der Waals surface area contributed by atoms with Crippen LogP contribution >= 0.6 is 0 Å². The third kappa shape index (κ3) is 3.70. The molecule has 8 nitrogen and oxygen atoms in total. The van der Waals surface area contributed by atoms with Gasteiger partial charge in [-0.2, -0.15) is 10.5 Å². The summed E-state index contributed by atoms with van der Waals surface area (Å²) in [6, 6.07) is 6.58. The number of nitrogens with zero attached hydrogens (tertiary/aromatic N) is 4. The van der Waals surface area contributed by atoms with Crippen molar-refractivity contribution in [3.8, 4) is 5.75 Å². The number of hydrogen-bond donors (Lipinski definition) is 2. The van der Waals surface area contributed by atoms with Crippen LogP contribution in [-0.4, -0.2) is 28.9 Å². The number of benzene rings is 1. The molecule has 0 unspecified atom stereocenters. The van der Waals surface area contributed by atoms with Gasteiger partial charge in [0.1, 0.15) is 5.75 Å². The highest BCUT2D eigenvalue weighted by molar-refractivity contribution is 6.49. The molecule has 0 amide bonds. The molecular formula is C18H18N6O2. The lowest BCUT2D eigenvalue weighted by atomic mass is 9.91. The molecule has 0 aliphatic carbocycles. The zero-order valence-electron chi connectivity index (χ0n) is 14.9. The maximum Gasteiger partial charge on any atom is 0.341 e. The van der Waals surface area contributed by atoms with Crippen molar-refractivity contribution in [2.75, 3.05) is 12.5 Å². The van der Waals surface area contributed by atoms with E-state index in [1.54, 1.807) is 24.3 Å². The smallest absolute Gasteiger partial charge is 0.341 e. The summed E-state index contributed by atoms with van der Waals surface area (Å²) in [5.41, 5.74) is 3.39. The highest BCUT2D eigenvalue weighted by atomic mass is 16.5. The van der Waals surface area contributed by atoms with E-state index >= 15 is 0 Å². The van der Waals surface area contributed by atoms with Crippen molar-refractivity contribution in [2.45, 2.75) is 26.2 Å². The average Bonchev–Trinajstić information content (AvgIpc) is 3.05. The highest BCUT2D eigenvalue weighted by Crippen LogP contribution is 2.35. The molecule has 0 spiro atoms. The number of carbonyl (C=O) groups excluding carboxylic acids is 1. The number of ether oxygens (including phenoxy) is 1. The molecule has 0 bridgehead atoms. The van der Waals surface area contributed by atoms with Crippen LogP contribution in [0.25, 0.3) is 9.69 Å². The van der Waals surface area contributed by atoms with Crippen molar-refractivity contribution < 1.29 is 9.53 Å². The summed E-state index contributed by atoms with van der Waals surface area (Å²) in [4.78, 5) is 19.2. The predicted octanol–water partition coefficient (Wildman–Crippen LogP) is 3.79. The molecule has 8 heteroatoms. The summed E-state index contributed by atoms with van der Waals surface area (Å²) in [5, 5.41) is 10.7. The van der Waals surface area contributed by atoms with E-state index in [1.807, 2.05) is 20.8 Å². The Labute approximate surface area is 151 Å². The first-order valence-corrected chi connectivity index (χ1v) is 7.68. The van der Waals surface area contributed by atoms with E-state index in [1.165, 1.54) is 7.11 Å². The van der Waals surface area contributed by atoms with Gasteiger partial charge in [-0.1, -0.05) is 39.5 Å². The Balaban J connectivity index is 2.35. The molecule has 0 radical (unpaired) electrons. The molecule has 2 N–H and O–H groups in total. The Morgan fingerprint density at radius 3 is 2.58 bits per heavy atom. The van der Waals surface area contributed by atoms with Crippen molar-refractivity contribution in [1.29, 1.82) is 0 Å². The second kappa shape index (κ2) is 7.49. The number of hydrogen-bond acceptors (Lipinski definition) is 5. The number of anilines is 1. The Bertz CT molecular complexity index is 938. The minimum Gasteiger partial charge on any atom is -0.496 e. The summed E-state index contributed by atoms with van der Waals surface area (Å²) in [6.45, 7) is 20.4.